The van der Waals surface area contributed by atoms with E-state index in [4.69, 9.17) is 28.4 Å². The summed E-state index contributed by atoms with van der Waals surface area (Å²) in [6, 6.07) is 0. The Morgan fingerprint density at radius 3 is 2.34 bits per heavy atom. The highest BCUT2D eigenvalue weighted by molar-refractivity contribution is 5.89. The second kappa shape index (κ2) is 8.78. The molecule has 10 atom stereocenters. The predicted molar refractivity (Wildman–Crippen MR) is 130 cm³/mol. The maximum absolute atomic E-state index is 13.0. The van der Waals surface area contributed by atoms with E-state index in [1.54, 1.807) is 6.92 Å². The van der Waals surface area contributed by atoms with Gasteiger partial charge in [-0.2, -0.15) is 0 Å². The molecule has 0 aromatic rings. The summed E-state index contributed by atoms with van der Waals surface area (Å²) in [4.78, 5) is 50.9. The highest BCUT2D eigenvalue weighted by Gasteiger charge is 2.89. The highest BCUT2D eigenvalue weighted by Crippen LogP contribution is 2.69. The van der Waals surface area contributed by atoms with Crippen molar-refractivity contribution in [3.05, 3.63) is 11.6 Å². The molecule has 2 aliphatic carbocycles. The molecule has 0 radical (unpaired) electrons. The van der Waals surface area contributed by atoms with Crippen LogP contribution in [0.1, 0.15) is 80.6 Å². The average Bonchev–Trinajstić information content (AvgIpc) is 3.64. The fraction of sp³-hybridized carbons (Fsp3) is 0.786. The van der Waals surface area contributed by atoms with Crippen molar-refractivity contribution in [1.82, 2.24) is 0 Å². The van der Waals surface area contributed by atoms with E-state index >= 15 is 0 Å². The molecule has 3 aliphatic heterocycles. The van der Waals surface area contributed by atoms with Crippen LogP contribution < -0.4 is 0 Å². The Morgan fingerprint density at radius 1 is 1.05 bits per heavy atom. The third-order valence-electron chi connectivity index (χ3n) is 9.50. The second-order valence-electron chi connectivity index (χ2n) is 12.0. The van der Waals surface area contributed by atoms with Crippen molar-refractivity contribution < 1.29 is 47.6 Å². The van der Waals surface area contributed by atoms with Crippen molar-refractivity contribution in [2.75, 3.05) is 0 Å². The van der Waals surface area contributed by atoms with Gasteiger partial charge in [0.05, 0.1) is 17.1 Å². The van der Waals surface area contributed by atoms with Crippen molar-refractivity contribution in [3.63, 3.8) is 0 Å². The maximum Gasteiger partial charge on any atom is 0.342 e. The van der Waals surface area contributed by atoms with Gasteiger partial charge < -0.3 is 28.4 Å². The molecular formula is C28H38O10. The van der Waals surface area contributed by atoms with Crippen LogP contribution in [0.3, 0.4) is 0 Å². The van der Waals surface area contributed by atoms with Gasteiger partial charge in [0.2, 0.25) is 0 Å². The van der Waals surface area contributed by atoms with Gasteiger partial charge >= 0.3 is 23.9 Å². The quantitative estimate of drug-likeness (QED) is 0.225. The predicted octanol–water partition coefficient (Wildman–Crippen LogP) is 2.94. The van der Waals surface area contributed by atoms with Gasteiger partial charge in [0.25, 0.3) is 0 Å². The van der Waals surface area contributed by atoms with Gasteiger partial charge in [-0.05, 0) is 46.1 Å². The average molecular weight is 535 g/mol. The van der Waals surface area contributed by atoms with Gasteiger partial charge in [-0.25, -0.2) is 4.79 Å². The number of hydrogen-bond donors (Lipinski definition) is 0. The van der Waals surface area contributed by atoms with Crippen molar-refractivity contribution >= 4 is 23.9 Å². The largest absolute Gasteiger partial charge is 0.462 e. The van der Waals surface area contributed by atoms with Crippen molar-refractivity contribution in [2.45, 2.75) is 128 Å². The van der Waals surface area contributed by atoms with E-state index in [2.05, 4.69) is 0 Å². The van der Waals surface area contributed by atoms with Crippen LogP contribution in [0.2, 0.25) is 0 Å². The van der Waals surface area contributed by atoms with Crippen LogP contribution in [0.15, 0.2) is 11.6 Å². The molecule has 3 saturated heterocycles. The normalized spacial score (nSPS) is 46.6. The number of ether oxygens (including phenoxy) is 6. The molecule has 4 fully saturated rings. The minimum Gasteiger partial charge on any atom is -0.462 e. The van der Waals surface area contributed by atoms with Gasteiger partial charge in [-0.1, -0.05) is 19.4 Å². The Hall–Kier alpha value is -2.46. The Morgan fingerprint density at radius 2 is 1.74 bits per heavy atom. The zero-order valence-electron chi connectivity index (χ0n) is 23.2. The summed E-state index contributed by atoms with van der Waals surface area (Å²) in [5.74, 6) is -2.57. The molecule has 38 heavy (non-hydrogen) atoms. The Kier molecular flexibility index (Phi) is 6.26. The van der Waals surface area contributed by atoms with Gasteiger partial charge in [0, 0.05) is 32.6 Å². The van der Waals surface area contributed by atoms with Gasteiger partial charge in [-0.15, -0.1) is 0 Å². The van der Waals surface area contributed by atoms with E-state index in [9.17, 15) is 19.2 Å². The Labute approximate surface area is 222 Å². The minimum absolute atomic E-state index is 0.240. The first kappa shape index (κ1) is 27.1. The molecule has 1 spiro atoms. The lowest BCUT2D eigenvalue weighted by atomic mass is 9.53. The molecule has 0 bridgehead atoms. The lowest BCUT2D eigenvalue weighted by molar-refractivity contribution is -0.213. The van der Waals surface area contributed by atoms with Crippen LogP contribution in [0, 0.1) is 11.3 Å². The topological polar surface area (TPSA) is 130 Å². The van der Waals surface area contributed by atoms with Crippen LogP contribution in [0.4, 0.5) is 0 Å². The smallest absolute Gasteiger partial charge is 0.342 e. The van der Waals surface area contributed by atoms with E-state index in [0.29, 0.717) is 25.7 Å². The SMILES string of the molecule is CCCC(=O)OC1CCC(C)=CC2OC(=O)C3(C)OC23C(OC(C)=O)C2C3(C)OC3CC(OC(C)=O)C12C. The number of carbonyl (C=O) groups excluding carboxylic acids is 4. The number of esters is 4. The summed E-state index contributed by atoms with van der Waals surface area (Å²) in [5.41, 5.74) is -3.59. The first-order valence-corrected chi connectivity index (χ1v) is 13.5. The van der Waals surface area contributed by atoms with E-state index in [0.717, 1.165) is 5.57 Å². The monoisotopic (exact) mass is 534 g/mol. The number of allylic oxidation sites excluding steroid dienone is 1. The lowest BCUT2D eigenvalue weighted by Crippen LogP contribution is -2.66. The zero-order valence-corrected chi connectivity index (χ0v) is 23.2. The van der Waals surface area contributed by atoms with Crippen LogP contribution in [-0.4, -0.2) is 71.2 Å². The minimum atomic E-state index is -1.34. The Bertz CT molecular complexity index is 1100. The van der Waals surface area contributed by atoms with Crippen LogP contribution in [0.5, 0.6) is 0 Å². The van der Waals surface area contributed by atoms with Crippen molar-refractivity contribution in [1.29, 1.82) is 0 Å². The molecule has 210 valence electrons. The Balaban J connectivity index is 1.73. The summed E-state index contributed by atoms with van der Waals surface area (Å²) >= 11 is 0. The van der Waals surface area contributed by atoms with Gasteiger partial charge in [0.1, 0.15) is 18.3 Å². The first-order valence-electron chi connectivity index (χ1n) is 13.5. The number of hydrogen-bond acceptors (Lipinski definition) is 10. The molecule has 3 heterocycles. The van der Waals surface area contributed by atoms with Crippen molar-refractivity contribution in [3.8, 4) is 0 Å². The fourth-order valence-corrected chi connectivity index (χ4v) is 7.51. The molecule has 0 amide bonds. The first-order chi connectivity index (χ1) is 17.7. The number of epoxide rings is 2. The summed E-state index contributed by atoms with van der Waals surface area (Å²) in [5, 5.41) is 0. The van der Waals surface area contributed by atoms with Crippen LogP contribution in [-0.2, 0) is 47.6 Å². The summed E-state index contributed by atoms with van der Waals surface area (Å²) in [6.07, 6.45) is 0.583. The molecule has 5 rings (SSSR count). The van der Waals surface area contributed by atoms with E-state index in [-0.39, 0.29) is 18.5 Å². The third kappa shape index (κ3) is 3.73. The van der Waals surface area contributed by atoms with E-state index < -0.39 is 70.5 Å². The second-order valence-corrected chi connectivity index (χ2v) is 12.0. The number of fused-ring (bicyclic) bond motifs is 3. The number of rotatable bonds is 5. The lowest BCUT2D eigenvalue weighted by Gasteiger charge is -2.54. The van der Waals surface area contributed by atoms with E-state index in [1.165, 1.54) is 13.8 Å². The molecular weight excluding hydrogens is 496 g/mol. The molecule has 1 saturated carbocycles. The molecule has 10 nitrogen and oxygen atoms in total. The van der Waals surface area contributed by atoms with Gasteiger partial charge in [-0.3, -0.25) is 14.4 Å². The molecule has 5 aliphatic rings. The molecule has 0 aromatic heterocycles. The highest BCUT2D eigenvalue weighted by atomic mass is 16.7. The summed E-state index contributed by atoms with van der Waals surface area (Å²) in [7, 11) is 0. The maximum atomic E-state index is 13.0. The summed E-state index contributed by atoms with van der Waals surface area (Å²) < 4.78 is 36.5. The molecule has 0 N–H and O–H groups in total. The summed E-state index contributed by atoms with van der Waals surface area (Å²) in [6.45, 7) is 12.0. The molecule has 0 aromatic carbocycles. The van der Waals surface area contributed by atoms with Crippen LogP contribution in [0.25, 0.3) is 0 Å². The standard InChI is InChI=1S/C28H38O10/c1-8-9-21(31)35-17-11-10-14(2)12-20-28(27(7,38-28)24(32)36-20)23(34-16(4)30)22-25(17,5)18(33-15(3)29)13-19-26(22,6)37-19/h12,17-20,22-23H,8-11,13H2,1-7H3. The van der Waals surface area contributed by atoms with Crippen molar-refractivity contribution in [2.24, 2.45) is 11.3 Å². The van der Waals surface area contributed by atoms with E-state index in [1.807, 2.05) is 33.8 Å². The zero-order chi connectivity index (χ0) is 27.8. The van der Waals surface area contributed by atoms with Gasteiger partial charge in [0.15, 0.2) is 17.3 Å². The fourth-order valence-electron chi connectivity index (χ4n) is 7.51. The van der Waals surface area contributed by atoms with Crippen LogP contribution >= 0.6 is 0 Å². The molecule has 10 heteroatoms. The third-order valence-corrected chi connectivity index (χ3v) is 9.50. The molecule has 10 unspecified atom stereocenters. The number of carbonyl (C=O) groups is 4.